The van der Waals surface area contributed by atoms with Gasteiger partial charge in [0.1, 0.15) is 5.82 Å². The van der Waals surface area contributed by atoms with Crippen LogP contribution in [0.1, 0.15) is 48.0 Å². The zero-order chi connectivity index (χ0) is 15.4. The number of benzene rings is 1. The molecule has 2 rings (SSSR count). The van der Waals surface area contributed by atoms with Gasteiger partial charge < -0.3 is 10.0 Å². The Hall–Kier alpha value is -1.91. The van der Waals surface area contributed by atoms with Crippen molar-refractivity contribution in [3.63, 3.8) is 0 Å². The molecule has 1 heterocycles. The first-order valence-electron chi connectivity index (χ1n) is 7.28. The average Bonchev–Trinajstić information content (AvgIpc) is 2.47. The summed E-state index contributed by atoms with van der Waals surface area (Å²) in [6, 6.07) is 4.38. The van der Waals surface area contributed by atoms with Crippen molar-refractivity contribution in [3.8, 4) is 0 Å². The molecule has 1 atom stereocenters. The summed E-state index contributed by atoms with van der Waals surface area (Å²) < 4.78 is 13.9. The summed E-state index contributed by atoms with van der Waals surface area (Å²) in [5.41, 5.74) is 0.913. The van der Waals surface area contributed by atoms with Crippen LogP contribution in [0.2, 0.25) is 0 Å². The molecule has 1 amide bonds. The van der Waals surface area contributed by atoms with Gasteiger partial charge in [-0.3, -0.25) is 9.59 Å². The number of nitrogens with zero attached hydrogens (tertiary/aromatic N) is 1. The molecule has 0 radical (unpaired) electrons. The Kier molecular flexibility index (Phi) is 4.94. The molecule has 114 valence electrons. The fraction of sp³-hybridized carbons (Fsp3) is 0.500. The molecular weight excluding hydrogens is 273 g/mol. The summed E-state index contributed by atoms with van der Waals surface area (Å²) in [6.45, 7) is 2.38. The van der Waals surface area contributed by atoms with Gasteiger partial charge in [0.2, 0.25) is 0 Å². The molecule has 1 aromatic rings. The Balaban J connectivity index is 2.18. The molecule has 1 aliphatic rings. The lowest BCUT2D eigenvalue weighted by molar-refractivity contribution is -0.137. The minimum absolute atomic E-state index is 0.0325. The van der Waals surface area contributed by atoms with Crippen molar-refractivity contribution in [2.24, 2.45) is 0 Å². The van der Waals surface area contributed by atoms with Crippen molar-refractivity contribution in [1.29, 1.82) is 0 Å². The summed E-state index contributed by atoms with van der Waals surface area (Å²) in [7, 11) is 0. The Labute approximate surface area is 123 Å². The molecule has 21 heavy (non-hydrogen) atoms. The largest absolute Gasteiger partial charge is 0.481 e. The van der Waals surface area contributed by atoms with Gasteiger partial charge in [-0.15, -0.1) is 0 Å². The van der Waals surface area contributed by atoms with E-state index in [1.807, 2.05) is 6.92 Å². The first-order chi connectivity index (χ1) is 9.99. The van der Waals surface area contributed by atoms with E-state index in [9.17, 15) is 14.0 Å². The fourth-order valence-corrected chi connectivity index (χ4v) is 2.82. The highest BCUT2D eigenvalue weighted by Crippen LogP contribution is 2.24. The topological polar surface area (TPSA) is 57.6 Å². The molecule has 1 fully saturated rings. The van der Waals surface area contributed by atoms with Crippen LogP contribution in [0.15, 0.2) is 18.2 Å². The molecule has 4 nitrogen and oxygen atoms in total. The van der Waals surface area contributed by atoms with Crippen LogP contribution < -0.4 is 0 Å². The number of rotatable bonds is 4. The highest BCUT2D eigenvalue weighted by Gasteiger charge is 2.29. The number of carboxylic acid groups (broad SMARTS) is 1. The number of piperidine rings is 1. The maximum absolute atomic E-state index is 13.9. The van der Waals surface area contributed by atoms with Gasteiger partial charge in [0.05, 0.1) is 5.56 Å². The van der Waals surface area contributed by atoms with Gasteiger partial charge >= 0.3 is 5.97 Å². The minimum Gasteiger partial charge on any atom is -0.481 e. The number of aryl methyl sites for hydroxylation is 1. The first kappa shape index (κ1) is 15.5. The van der Waals surface area contributed by atoms with Gasteiger partial charge in [-0.25, -0.2) is 4.39 Å². The van der Waals surface area contributed by atoms with Crippen LogP contribution in [-0.4, -0.2) is 34.5 Å². The van der Waals surface area contributed by atoms with Crippen LogP contribution in [0.5, 0.6) is 0 Å². The van der Waals surface area contributed by atoms with Gasteiger partial charge in [-0.2, -0.15) is 0 Å². The van der Waals surface area contributed by atoms with Crippen LogP contribution in [-0.2, 0) is 4.79 Å². The number of carbonyl (C=O) groups is 2. The normalized spacial score (nSPS) is 18.6. The number of amides is 1. The van der Waals surface area contributed by atoms with Crippen LogP contribution in [0.25, 0.3) is 0 Å². The molecule has 0 bridgehead atoms. The SMILES string of the molecule is Cc1ccc(F)c(C(=O)N2CCCCC2CCC(=O)O)c1. The van der Waals surface area contributed by atoms with E-state index in [4.69, 9.17) is 5.11 Å². The lowest BCUT2D eigenvalue weighted by Crippen LogP contribution is -2.44. The monoisotopic (exact) mass is 293 g/mol. The minimum atomic E-state index is -0.866. The molecule has 1 aromatic carbocycles. The number of hydrogen-bond donors (Lipinski definition) is 1. The van der Waals surface area contributed by atoms with E-state index in [2.05, 4.69) is 0 Å². The van der Waals surface area contributed by atoms with Gasteiger partial charge in [0.25, 0.3) is 5.91 Å². The third-order valence-electron chi connectivity index (χ3n) is 3.93. The second-order valence-corrected chi connectivity index (χ2v) is 5.56. The average molecular weight is 293 g/mol. The number of carbonyl (C=O) groups excluding carboxylic acids is 1. The summed E-state index contributed by atoms with van der Waals surface area (Å²) in [4.78, 5) is 24.9. The summed E-state index contributed by atoms with van der Waals surface area (Å²) >= 11 is 0. The van der Waals surface area contributed by atoms with Gasteiger partial charge in [-0.05, 0) is 44.7 Å². The zero-order valence-electron chi connectivity index (χ0n) is 12.1. The van der Waals surface area contributed by atoms with E-state index >= 15 is 0 Å². The van der Waals surface area contributed by atoms with E-state index in [0.29, 0.717) is 13.0 Å². The fourth-order valence-electron chi connectivity index (χ4n) is 2.82. The van der Waals surface area contributed by atoms with Crippen molar-refractivity contribution in [1.82, 2.24) is 4.90 Å². The number of aliphatic carboxylic acids is 1. The maximum atomic E-state index is 13.9. The molecule has 0 saturated carbocycles. The Morgan fingerprint density at radius 1 is 1.38 bits per heavy atom. The van der Waals surface area contributed by atoms with E-state index < -0.39 is 11.8 Å². The predicted octanol–water partition coefficient (Wildman–Crippen LogP) is 2.99. The molecular formula is C16H20FNO3. The van der Waals surface area contributed by atoms with Gasteiger partial charge in [-0.1, -0.05) is 11.6 Å². The smallest absolute Gasteiger partial charge is 0.303 e. The molecule has 1 unspecified atom stereocenters. The molecule has 1 N–H and O–H groups in total. The number of likely N-dealkylation sites (tertiary alicyclic amines) is 1. The molecule has 1 saturated heterocycles. The van der Waals surface area contributed by atoms with Gasteiger partial charge in [0, 0.05) is 19.0 Å². The highest BCUT2D eigenvalue weighted by molar-refractivity contribution is 5.95. The third-order valence-corrected chi connectivity index (χ3v) is 3.93. The van der Waals surface area contributed by atoms with Crippen molar-refractivity contribution in [2.75, 3.05) is 6.54 Å². The lowest BCUT2D eigenvalue weighted by atomic mass is 9.96. The van der Waals surface area contributed by atoms with E-state index in [1.54, 1.807) is 17.0 Å². The molecule has 0 aliphatic carbocycles. The van der Waals surface area contributed by atoms with Crippen LogP contribution in [0.3, 0.4) is 0 Å². The molecule has 0 spiro atoms. The summed E-state index contributed by atoms with van der Waals surface area (Å²) in [6.07, 6.45) is 3.10. The lowest BCUT2D eigenvalue weighted by Gasteiger charge is -2.35. The Bertz CT molecular complexity index is 544. The predicted molar refractivity (Wildman–Crippen MR) is 76.7 cm³/mol. The van der Waals surface area contributed by atoms with Crippen LogP contribution in [0.4, 0.5) is 4.39 Å². The number of hydrogen-bond acceptors (Lipinski definition) is 2. The van der Waals surface area contributed by atoms with E-state index in [-0.39, 0.29) is 23.9 Å². The summed E-state index contributed by atoms with van der Waals surface area (Å²) in [5, 5.41) is 8.80. The Morgan fingerprint density at radius 3 is 2.86 bits per heavy atom. The number of carboxylic acids is 1. The highest BCUT2D eigenvalue weighted by atomic mass is 19.1. The summed E-state index contributed by atoms with van der Waals surface area (Å²) in [5.74, 6) is -1.71. The molecule has 1 aliphatic heterocycles. The van der Waals surface area contributed by atoms with Crippen molar-refractivity contribution in [2.45, 2.75) is 45.1 Å². The molecule has 5 heteroatoms. The van der Waals surface area contributed by atoms with Crippen molar-refractivity contribution >= 4 is 11.9 Å². The first-order valence-corrected chi connectivity index (χ1v) is 7.28. The maximum Gasteiger partial charge on any atom is 0.303 e. The quantitative estimate of drug-likeness (QED) is 0.928. The Morgan fingerprint density at radius 2 is 2.14 bits per heavy atom. The zero-order valence-corrected chi connectivity index (χ0v) is 12.1. The van der Waals surface area contributed by atoms with Crippen molar-refractivity contribution in [3.05, 3.63) is 35.1 Å². The van der Waals surface area contributed by atoms with Crippen LogP contribution in [0, 0.1) is 12.7 Å². The number of halogens is 1. The van der Waals surface area contributed by atoms with E-state index in [1.165, 1.54) is 6.07 Å². The van der Waals surface area contributed by atoms with Gasteiger partial charge in [0.15, 0.2) is 0 Å². The standard InChI is InChI=1S/C16H20FNO3/c1-11-5-7-14(17)13(10-11)16(21)18-9-3-2-4-12(18)6-8-15(19)20/h5,7,10,12H,2-4,6,8-9H2,1H3,(H,19,20). The van der Waals surface area contributed by atoms with E-state index in [0.717, 1.165) is 24.8 Å². The van der Waals surface area contributed by atoms with Crippen molar-refractivity contribution < 1.29 is 19.1 Å². The second-order valence-electron chi connectivity index (χ2n) is 5.56. The molecule has 0 aromatic heterocycles. The third kappa shape index (κ3) is 3.80. The van der Waals surface area contributed by atoms with Crippen LogP contribution >= 0.6 is 0 Å². The second kappa shape index (κ2) is 6.70.